The summed E-state index contributed by atoms with van der Waals surface area (Å²) in [5, 5.41) is 7.19. The van der Waals surface area contributed by atoms with E-state index in [1.165, 1.54) is 17.8 Å². The first-order valence-corrected chi connectivity index (χ1v) is 11.1. The van der Waals surface area contributed by atoms with Crippen LogP contribution in [-0.4, -0.2) is 51.9 Å². The number of hydrogen-bond acceptors (Lipinski definition) is 5. The maximum absolute atomic E-state index is 14.6. The van der Waals surface area contributed by atoms with Gasteiger partial charge in [0.1, 0.15) is 5.82 Å². The average Bonchev–Trinajstić information content (AvgIpc) is 3.53. The van der Waals surface area contributed by atoms with Gasteiger partial charge in [0.05, 0.1) is 24.5 Å². The second-order valence-corrected chi connectivity index (χ2v) is 8.60. The zero-order chi connectivity index (χ0) is 22.8. The number of benzene rings is 1. The van der Waals surface area contributed by atoms with E-state index in [0.29, 0.717) is 34.5 Å². The molecule has 2 aromatic heterocycles. The third-order valence-electron chi connectivity index (χ3n) is 6.04. The number of nitrogens with zero attached hydrogens (tertiary/aromatic N) is 4. The van der Waals surface area contributed by atoms with E-state index in [0.717, 1.165) is 32.5 Å². The number of anilines is 1. The SMILES string of the molecule is COC1CN(Cc2ccc(NC(=O)C=Cc3cncc(F)c3-c3cnn(C4CC4)c3)cc2)C1. The van der Waals surface area contributed by atoms with Crippen LogP contribution in [0.4, 0.5) is 10.1 Å². The van der Waals surface area contributed by atoms with Gasteiger partial charge in [0.25, 0.3) is 0 Å². The van der Waals surface area contributed by atoms with Crippen molar-refractivity contribution < 1.29 is 13.9 Å². The molecule has 0 radical (unpaired) electrons. The number of halogens is 1. The lowest BCUT2D eigenvalue weighted by molar-refractivity contribution is -0.111. The zero-order valence-corrected chi connectivity index (χ0v) is 18.4. The highest BCUT2D eigenvalue weighted by atomic mass is 19.1. The number of carbonyl (C=O) groups excluding carboxylic acids is 1. The maximum Gasteiger partial charge on any atom is 0.248 e. The minimum absolute atomic E-state index is 0.294. The van der Waals surface area contributed by atoms with Crippen molar-refractivity contribution in [1.29, 1.82) is 0 Å². The number of nitrogens with one attached hydrogen (secondary N) is 1. The Hall–Kier alpha value is -3.36. The molecule has 0 atom stereocenters. The standard InChI is InChI=1S/C25H26FN5O2/c1-33-22-15-30(16-22)13-17-2-5-20(6-3-17)29-24(32)9-4-18-10-27-12-23(26)25(18)19-11-28-31(14-19)21-7-8-21/h2-6,9-12,14,21-22H,7-8,13,15-16H2,1H3,(H,29,32). The highest BCUT2D eigenvalue weighted by Gasteiger charge is 2.26. The molecular weight excluding hydrogens is 421 g/mol. The molecule has 1 aliphatic heterocycles. The van der Waals surface area contributed by atoms with Gasteiger partial charge in [-0.05, 0) is 36.6 Å². The van der Waals surface area contributed by atoms with Crippen LogP contribution in [0.2, 0.25) is 0 Å². The van der Waals surface area contributed by atoms with Crippen molar-refractivity contribution >= 4 is 17.7 Å². The van der Waals surface area contributed by atoms with E-state index in [2.05, 4.69) is 20.3 Å². The third-order valence-corrected chi connectivity index (χ3v) is 6.04. The topological polar surface area (TPSA) is 72.3 Å². The Morgan fingerprint density at radius 1 is 1.21 bits per heavy atom. The molecule has 8 heteroatoms. The van der Waals surface area contributed by atoms with Crippen LogP contribution in [0.3, 0.4) is 0 Å². The number of pyridine rings is 1. The quantitative estimate of drug-likeness (QED) is 0.531. The van der Waals surface area contributed by atoms with Crippen LogP contribution in [0, 0.1) is 5.82 Å². The van der Waals surface area contributed by atoms with Crippen LogP contribution in [0.5, 0.6) is 0 Å². The molecule has 1 saturated heterocycles. The Kier molecular flexibility index (Phi) is 6.02. The van der Waals surface area contributed by atoms with Crippen LogP contribution < -0.4 is 5.32 Å². The molecule has 0 unspecified atom stereocenters. The summed E-state index contributed by atoms with van der Waals surface area (Å²) in [4.78, 5) is 18.7. The van der Waals surface area contributed by atoms with Crippen molar-refractivity contribution in [2.45, 2.75) is 31.5 Å². The summed E-state index contributed by atoms with van der Waals surface area (Å²) in [6.45, 7) is 2.75. The second-order valence-electron chi connectivity index (χ2n) is 8.60. The van der Waals surface area contributed by atoms with Gasteiger partial charge in [-0.2, -0.15) is 5.10 Å². The predicted molar refractivity (Wildman–Crippen MR) is 124 cm³/mol. The van der Waals surface area contributed by atoms with Gasteiger partial charge in [-0.3, -0.25) is 19.4 Å². The highest BCUT2D eigenvalue weighted by molar-refractivity contribution is 6.02. The van der Waals surface area contributed by atoms with Gasteiger partial charge in [-0.1, -0.05) is 12.1 Å². The van der Waals surface area contributed by atoms with Crippen LogP contribution in [-0.2, 0) is 16.1 Å². The van der Waals surface area contributed by atoms with Crippen molar-refractivity contribution in [3.05, 3.63) is 72.1 Å². The Balaban J connectivity index is 1.22. The normalized spacial score (nSPS) is 16.8. The van der Waals surface area contributed by atoms with Crippen molar-refractivity contribution in [3.63, 3.8) is 0 Å². The van der Waals surface area contributed by atoms with Crippen LogP contribution >= 0.6 is 0 Å². The number of amides is 1. The predicted octanol–water partition coefficient (Wildman–Crippen LogP) is 3.90. The number of likely N-dealkylation sites (tertiary alicyclic amines) is 1. The molecule has 3 aromatic rings. The monoisotopic (exact) mass is 447 g/mol. The van der Waals surface area contributed by atoms with Crippen LogP contribution in [0.25, 0.3) is 17.2 Å². The lowest BCUT2D eigenvalue weighted by Crippen LogP contribution is -2.50. The minimum Gasteiger partial charge on any atom is -0.379 e. The molecular formula is C25H26FN5O2. The Labute approximate surface area is 191 Å². The van der Waals surface area contributed by atoms with Crippen molar-refractivity contribution in [3.8, 4) is 11.1 Å². The van der Waals surface area contributed by atoms with E-state index in [1.807, 2.05) is 35.1 Å². The van der Waals surface area contributed by atoms with Gasteiger partial charge in [-0.25, -0.2) is 4.39 Å². The minimum atomic E-state index is -0.442. The van der Waals surface area contributed by atoms with Crippen LogP contribution in [0.1, 0.15) is 30.0 Å². The van der Waals surface area contributed by atoms with Crippen molar-refractivity contribution in [2.24, 2.45) is 0 Å². The summed E-state index contributed by atoms with van der Waals surface area (Å²) < 4.78 is 21.8. The summed E-state index contributed by atoms with van der Waals surface area (Å²) >= 11 is 0. The third kappa shape index (κ3) is 5.02. The fourth-order valence-electron chi connectivity index (χ4n) is 3.99. The fourth-order valence-corrected chi connectivity index (χ4v) is 3.99. The second kappa shape index (κ2) is 9.25. The molecule has 1 aliphatic carbocycles. The zero-order valence-electron chi connectivity index (χ0n) is 18.4. The average molecular weight is 448 g/mol. The smallest absolute Gasteiger partial charge is 0.248 e. The molecule has 2 aliphatic rings. The lowest BCUT2D eigenvalue weighted by Gasteiger charge is -2.38. The number of aromatic nitrogens is 3. The van der Waals surface area contributed by atoms with E-state index in [1.54, 1.807) is 25.6 Å². The summed E-state index contributed by atoms with van der Waals surface area (Å²) in [5.41, 5.74) is 3.48. The first kappa shape index (κ1) is 21.5. The number of ether oxygens (including phenoxy) is 1. The number of hydrogen-bond donors (Lipinski definition) is 1. The molecule has 7 nitrogen and oxygen atoms in total. The molecule has 1 saturated carbocycles. The van der Waals surface area contributed by atoms with Gasteiger partial charge >= 0.3 is 0 Å². The molecule has 0 bridgehead atoms. The highest BCUT2D eigenvalue weighted by Crippen LogP contribution is 2.36. The maximum atomic E-state index is 14.6. The van der Waals surface area contributed by atoms with E-state index >= 15 is 0 Å². The molecule has 33 heavy (non-hydrogen) atoms. The van der Waals surface area contributed by atoms with E-state index in [9.17, 15) is 9.18 Å². The summed E-state index contributed by atoms with van der Waals surface area (Å²) in [6, 6.07) is 8.19. The summed E-state index contributed by atoms with van der Waals surface area (Å²) in [5.74, 6) is -0.736. The Morgan fingerprint density at radius 3 is 2.73 bits per heavy atom. The molecule has 2 fully saturated rings. The molecule has 5 rings (SSSR count). The van der Waals surface area contributed by atoms with E-state index in [-0.39, 0.29) is 5.91 Å². The molecule has 3 heterocycles. The Bertz CT molecular complexity index is 1160. The van der Waals surface area contributed by atoms with Crippen molar-refractivity contribution in [1.82, 2.24) is 19.7 Å². The number of rotatable bonds is 8. The number of carbonyl (C=O) groups is 1. The van der Waals surface area contributed by atoms with E-state index < -0.39 is 5.82 Å². The fraction of sp³-hybridized carbons (Fsp3) is 0.320. The molecule has 170 valence electrons. The first-order valence-electron chi connectivity index (χ1n) is 11.1. The van der Waals surface area contributed by atoms with Gasteiger partial charge in [0.15, 0.2) is 0 Å². The van der Waals surface area contributed by atoms with Gasteiger partial charge < -0.3 is 10.1 Å². The van der Waals surface area contributed by atoms with Gasteiger partial charge in [-0.15, -0.1) is 0 Å². The molecule has 1 N–H and O–H groups in total. The van der Waals surface area contributed by atoms with Crippen LogP contribution in [0.15, 0.2) is 55.1 Å². The first-order chi connectivity index (χ1) is 16.1. The van der Waals surface area contributed by atoms with Gasteiger partial charge in [0, 0.05) is 67.6 Å². The van der Waals surface area contributed by atoms with Gasteiger partial charge in [0.2, 0.25) is 5.91 Å². The lowest BCUT2D eigenvalue weighted by atomic mass is 10.0. The molecule has 0 spiro atoms. The Morgan fingerprint density at radius 2 is 2.00 bits per heavy atom. The largest absolute Gasteiger partial charge is 0.379 e. The molecule has 1 aromatic carbocycles. The summed E-state index contributed by atoms with van der Waals surface area (Å²) in [6.07, 6.45) is 11.7. The summed E-state index contributed by atoms with van der Waals surface area (Å²) in [7, 11) is 1.74. The molecule has 1 amide bonds. The van der Waals surface area contributed by atoms with E-state index in [4.69, 9.17) is 4.74 Å². The van der Waals surface area contributed by atoms with Crippen molar-refractivity contribution in [2.75, 3.05) is 25.5 Å². The number of methoxy groups -OCH3 is 1.